The van der Waals surface area contributed by atoms with Crippen molar-refractivity contribution >= 4 is 56.1 Å². The number of fused-ring (bicyclic) bond motifs is 1. The molecule has 2 saturated carbocycles. The Morgan fingerprint density at radius 1 is 1.14 bits per heavy atom. The van der Waals surface area contributed by atoms with Crippen LogP contribution in [0.1, 0.15) is 97.7 Å². The van der Waals surface area contributed by atoms with E-state index in [1.165, 1.54) is 22.3 Å². The molecule has 59 heavy (non-hydrogen) atoms. The molecule has 1 unspecified atom stereocenters. The molecular weight excluding hydrogens is 797 g/mol. The molecule has 0 bridgehead atoms. The molecular formula is C42H56N6O9S2. The Kier molecular flexibility index (Phi) is 12.4. The number of rotatable bonds is 15. The molecule has 2 aromatic heterocycles. The van der Waals surface area contributed by atoms with Crippen LogP contribution >= 0.6 is 11.3 Å². The summed E-state index contributed by atoms with van der Waals surface area (Å²) < 4.78 is 46.0. The molecule has 15 nitrogen and oxygen atoms in total. The predicted molar refractivity (Wildman–Crippen MR) is 225 cm³/mol. The van der Waals surface area contributed by atoms with Crippen molar-refractivity contribution in [3.63, 3.8) is 0 Å². The van der Waals surface area contributed by atoms with Crippen molar-refractivity contribution in [1.29, 1.82) is 0 Å². The number of nitrogens with zero attached hydrogens (tertiary/aromatic N) is 3. The van der Waals surface area contributed by atoms with Gasteiger partial charge in [-0.2, -0.15) is 0 Å². The van der Waals surface area contributed by atoms with Crippen LogP contribution in [0.4, 0.5) is 4.79 Å². The Morgan fingerprint density at radius 2 is 1.85 bits per heavy atom. The maximum absolute atomic E-state index is 14.5. The van der Waals surface area contributed by atoms with Crippen LogP contribution in [-0.4, -0.2) is 95.3 Å². The highest BCUT2D eigenvalue weighted by Gasteiger charge is 2.62. The van der Waals surface area contributed by atoms with Crippen LogP contribution in [0.3, 0.4) is 0 Å². The van der Waals surface area contributed by atoms with Crippen LogP contribution in [-0.2, 0) is 29.1 Å². The van der Waals surface area contributed by atoms with Gasteiger partial charge in [0.05, 0.1) is 30.1 Å². The lowest BCUT2D eigenvalue weighted by Crippen LogP contribution is -2.58. The minimum absolute atomic E-state index is 0.0141. The molecule has 3 aromatic rings. The lowest BCUT2D eigenvalue weighted by molar-refractivity contribution is -0.141. The van der Waals surface area contributed by atoms with E-state index in [0.29, 0.717) is 45.9 Å². The molecule has 1 aliphatic heterocycles. The van der Waals surface area contributed by atoms with Gasteiger partial charge in [-0.3, -0.25) is 19.1 Å². The maximum atomic E-state index is 14.5. The fraction of sp³-hybridized carbons (Fsp3) is 0.571. The number of hydrogen-bond acceptors (Lipinski definition) is 12. The van der Waals surface area contributed by atoms with Crippen molar-refractivity contribution < 1.29 is 41.8 Å². The number of aromatic nitrogens is 2. The maximum Gasteiger partial charge on any atom is 0.408 e. The summed E-state index contributed by atoms with van der Waals surface area (Å²) in [4.78, 5) is 66.9. The number of sulfonamides is 1. The average molecular weight is 853 g/mol. The van der Waals surface area contributed by atoms with E-state index in [4.69, 9.17) is 24.2 Å². The zero-order chi connectivity index (χ0) is 43.2. The number of ether oxygens (including phenoxy) is 3. The van der Waals surface area contributed by atoms with Gasteiger partial charge in [-0.1, -0.05) is 40.2 Å². The van der Waals surface area contributed by atoms with E-state index in [9.17, 15) is 27.6 Å². The van der Waals surface area contributed by atoms with E-state index < -0.39 is 74.3 Å². The van der Waals surface area contributed by atoms with E-state index in [-0.39, 0.29) is 37.6 Å². The molecule has 4 amide bonds. The molecule has 0 radical (unpaired) electrons. The first kappa shape index (κ1) is 43.8. The van der Waals surface area contributed by atoms with Gasteiger partial charge in [0.2, 0.25) is 21.8 Å². The topological polar surface area (TPSA) is 195 Å². The monoisotopic (exact) mass is 852 g/mol. The fourth-order valence-corrected chi connectivity index (χ4v) is 10.3. The minimum atomic E-state index is -3.97. The summed E-state index contributed by atoms with van der Waals surface area (Å²) in [7, 11) is -2.38. The highest BCUT2D eigenvalue weighted by molar-refractivity contribution is 7.91. The van der Waals surface area contributed by atoms with Crippen molar-refractivity contribution in [3.05, 3.63) is 47.5 Å². The number of likely N-dealkylation sites (tertiary alicyclic amines) is 1. The molecule has 1 aromatic carbocycles. The summed E-state index contributed by atoms with van der Waals surface area (Å²) in [5.74, 6) is -1.37. The number of carbonyl (C=O) groups excluding carboxylic acids is 4. The van der Waals surface area contributed by atoms with Crippen LogP contribution < -0.4 is 24.8 Å². The van der Waals surface area contributed by atoms with Gasteiger partial charge in [0.1, 0.15) is 51.5 Å². The Balaban J connectivity index is 1.35. The SMILES string of the molecule is C=C[C@@H]1C[C@]1(NC(=O)[C@@H]1C[C@@H](Oc2cc(-c3nc(C(C)C)cs3)nc3c(C)c(OC)ccc23)CN1C(=O)[C@H](CCC)NC(=O)OC(C)(C)C)C(=O)NS(=O)(=O)C1C[C@H]1C. The lowest BCUT2D eigenvalue weighted by atomic mass is 10.1. The fourth-order valence-electron chi connectivity index (χ4n) is 7.58. The Hall–Kier alpha value is -4.77. The quantitative estimate of drug-likeness (QED) is 0.158. The normalized spacial score (nSPS) is 24.3. The summed E-state index contributed by atoms with van der Waals surface area (Å²) in [6.45, 7) is 18.6. The molecule has 320 valence electrons. The number of nitrogens with one attached hydrogen (secondary N) is 3. The molecule has 3 N–H and O–H groups in total. The number of benzene rings is 1. The van der Waals surface area contributed by atoms with Crippen molar-refractivity contribution in [1.82, 2.24) is 30.2 Å². The third-order valence-corrected chi connectivity index (χ3v) is 13.9. The van der Waals surface area contributed by atoms with Crippen LogP contribution in [0.2, 0.25) is 0 Å². The van der Waals surface area contributed by atoms with Crippen LogP contribution in [0.5, 0.6) is 11.5 Å². The molecule has 3 aliphatic rings. The van der Waals surface area contributed by atoms with E-state index >= 15 is 0 Å². The Labute approximate surface area is 350 Å². The third kappa shape index (κ3) is 9.35. The summed E-state index contributed by atoms with van der Waals surface area (Å²) >= 11 is 1.47. The van der Waals surface area contributed by atoms with Gasteiger partial charge in [-0.05, 0) is 70.9 Å². The average Bonchev–Trinajstić information content (AvgIpc) is 3.93. The van der Waals surface area contributed by atoms with Crippen LogP contribution in [0.15, 0.2) is 36.2 Å². The van der Waals surface area contributed by atoms with Gasteiger partial charge in [-0.15, -0.1) is 17.9 Å². The molecule has 1 saturated heterocycles. The second-order valence-electron chi connectivity index (χ2n) is 17.2. The third-order valence-electron chi connectivity index (χ3n) is 11.1. The second kappa shape index (κ2) is 16.7. The molecule has 3 fully saturated rings. The number of amides is 4. The molecule has 0 spiro atoms. The first-order valence-electron chi connectivity index (χ1n) is 20.1. The summed E-state index contributed by atoms with van der Waals surface area (Å²) in [5, 5.41) is 8.22. The van der Waals surface area contributed by atoms with Gasteiger partial charge in [-0.25, -0.2) is 23.2 Å². The van der Waals surface area contributed by atoms with Crippen molar-refractivity contribution in [2.45, 2.75) is 128 Å². The molecule has 17 heteroatoms. The van der Waals surface area contributed by atoms with Gasteiger partial charge in [0.25, 0.3) is 5.91 Å². The van der Waals surface area contributed by atoms with Crippen LogP contribution in [0, 0.1) is 18.8 Å². The van der Waals surface area contributed by atoms with Gasteiger partial charge in [0.15, 0.2) is 0 Å². The number of methoxy groups -OCH3 is 1. The number of carbonyl (C=O) groups is 4. The number of thiazole rings is 1. The highest BCUT2D eigenvalue weighted by atomic mass is 32.2. The first-order chi connectivity index (χ1) is 27.7. The van der Waals surface area contributed by atoms with Crippen LogP contribution in [0.25, 0.3) is 21.6 Å². The Bertz CT molecular complexity index is 2250. The second-order valence-corrected chi connectivity index (χ2v) is 20.0. The minimum Gasteiger partial charge on any atom is -0.496 e. The smallest absolute Gasteiger partial charge is 0.408 e. The lowest BCUT2D eigenvalue weighted by Gasteiger charge is -2.30. The number of alkyl carbamates (subject to hydrolysis) is 1. The van der Waals surface area contributed by atoms with E-state index in [1.54, 1.807) is 40.9 Å². The summed E-state index contributed by atoms with van der Waals surface area (Å²) in [6.07, 6.45) is 1.35. The van der Waals surface area contributed by atoms with Crippen molar-refractivity contribution in [2.24, 2.45) is 11.8 Å². The Morgan fingerprint density at radius 3 is 2.42 bits per heavy atom. The first-order valence-corrected chi connectivity index (χ1v) is 22.6. The zero-order valence-corrected chi connectivity index (χ0v) is 36.8. The van der Waals surface area contributed by atoms with E-state index in [0.717, 1.165) is 11.3 Å². The summed E-state index contributed by atoms with van der Waals surface area (Å²) in [6, 6.07) is 3.27. The molecule has 3 heterocycles. The number of aryl methyl sites for hydroxylation is 1. The predicted octanol–water partition coefficient (Wildman–Crippen LogP) is 5.76. The van der Waals surface area contributed by atoms with Gasteiger partial charge < -0.3 is 29.7 Å². The highest BCUT2D eigenvalue weighted by Crippen LogP contribution is 2.46. The standard InChI is InChI=1S/C42H56N6O9S2/c1-11-13-28(45-40(52)57-41(7,8)9)38(50)48-20-26(17-31(48)36(49)46-42(19-25(42)12-2)39(51)47-59(53,54)34-16-23(34)5)56-33-18-29(37-44-30(21-58-37)22(3)4)43-35-24(6)32(55-10)15-14-27(33)35/h12,14-15,18,21-23,25-26,28,31,34H,2,11,13,16-17,19-20H2,1,3-10H3,(H,45,52)(H,46,49)(H,47,51)/t23-,25-,26-,28+,31+,34?,42-/m1/s1. The van der Waals surface area contributed by atoms with Gasteiger partial charge >= 0.3 is 6.09 Å². The van der Waals surface area contributed by atoms with Gasteiger partial charge in [0, 0.05) is 34.7 Å². The molecule has 7 atom stereocenters. The number of pyridine rings is 1. The molecule has 6 rings (SSSR count). The molecule has 2 aliphatic carbocycles. The van der Waals surface area contributed by atoms with Crippen molar-refractivity contribution in [3.8, 4) is 22.2 Å². The largest absolute Gasteiger partial charge is 0.496 e. The van der Waals surface area contributed by atoms with E-state index in [2.05, 4.69) is 35.8 Å². The zero-order valence-electron chi connectivity index (χ0n) is 35.2. The van der Waals surface area contributed by atoms with Crippen molar-refractivity contribution in [2.75, 3.05) is 13.7 Å². The summed E-state index contributed by atoms with van der Waals surface area (Å²) in [5.41, 5.74) is 0.529. The number of hydrogen-bond donors (Lipinski definition) is 3. The van der Waals surface area contributed by atoms with E-state index in [1.807, 2.05) is 31.4 Å².